The van der Waals surface area contributed by atoms with Crippen LogP contribution in [0.5, 0.6) is 11.5 Å². The molecule has 0 bridgehead atoms. The minimum Gasteiger partial charge on any atom is -0.503 e. The number of hydrogen-bond acceptors (Lipinski definition) is 5. The highest BCUT2D eigenvalue weighted by molar-refractivity contribution is 6.33. The lowest BCUT2D eigenvalue weighted by Crippen LogP contribution is -2.37. The van der Waals surface area contributed by atoms with E-state index in [9.17, 15) is 9.90 Å². The summed E-state index contributed by atoms with van der Waals surface area (Å²) in [6.07, 6.45) is 0.710. The second kappa shape index (κ2) is 6.93. The average molecular weight is 378 g/mol. The fraction of sp³-hybridized carbons (Fsp3) is 0.474. The van der Waals surface area contributed by atoms with E-state index in [2.05, 4.69) is 14.9 Å². The normalized spacial score (nSPS) is 15.0. The van der Waals surface area contributed by atoms with Crippen molar-refractivity contribution < 1.29 is 9.84 Å². The quantitative estimate of drug-likeness (QED) is 0.859. The van der Waals surface area contributed by atoms with Crippen LogP contribution in [0.3, 0.4) is 0 Å². The second-order valence-corrected chi connectivity index (χ2v) is 8.02. The van der Waals surface area contributed by atoms with Crippen molar-refractivity contribution in [1.29, 1.82) is 0 Å². The number of phenols is 1. The minimum absolute atomic E-state index is 0.0570. The van der Waals surface area contributed by atoms with Crippen LogP contribution in [0.1, 0.15) is 43.4 Å². The number of rotatable bonds is 3. The maximum atomic E-state index is 12.5. The second-order valence-electron chi connectivity index (χ2n) is 7.64. The first-order chi connectivity index (χ1) is 12.2. The Balaban J connectivity index is 1.84. The molecule has 26 heavy (non-hydrogen) atoms. The van der Waals surface area contributed by atoms with Gasteiger partial charge in [-0.2, -0.15) is 0 Å². The summed E-state index contributed by atoms with van der Waals surface area (Å²) in [4.78, 5) is 22.3. The van der Waals surface area contributed by atoms with Gasteiger partial charge in [-0.05, 0) is 11.6 Å². The molecule has 1 aliphatic rings. The number of aromatic hydroxyl groups is 1. The van der Waals surface area contributed by atoms with Gasteiger partial charge in [0, 0.05) is 31.5 Å². The number of nitrogens with one attached hydrogen (secondary N) is 1. The Morgan fingerprint density at radius 1 is 1.38 bits per heavy atom. The molecule has 7 heteroatoms. The Bertz CT molecular complexity index is 887. The first kappa shape index (κ1) is 18.7. The lowest BCUT2D eigenvalue weighted by Gasteiger charge is -2.29. The van der Waals surface area contributed by atoms with Gasteiger partial charge in [0.1, 0.15) is 5.82 Å². The van der Waals surface area contributed by atoms with Gasteiger partial charge < -0.3 is 14.8 Å². The number of aromatic amines is 1. The van der Waals surface area contributed by atoms with E-state index in [0.29, 0.717) is 30.8 Å². The number of nitrogens with zero attached hydrogens (tertiary/aromatic N) is 2. The maximum Gasteiger partial charge on any atom is 0.255 e. The molecule has 0 fully saturated rings. The highest BCUT2D eigenvalue weighted by atomic mass is 35.5. The van der Waals surface area contributed by atoms with Gasteiger partial charge in [-0.15, -0.1) is 0 Å². The van der Waals surface area contributed by atoms with Crippen molar-refractivity contribution in [1.82, 2.24) is 14.9 Å². The number of H-pyrrole nitrogens is 1. The van der Waals surface area contributed by atoms with Gasteiger partial charge in [-0.3, -0.25) is 9.69 Å². The maximum absolute atomic E-state index is 12.5. The van der Waals surface area contributed by atoms with Crippen LogP contribution in [-0.2, 0) is 24.9 Å². The molecule has 0 unspecified atom stereocenters. The third-order valence-electron chi connectivity index (χ3n) is 4.63. The molecule has 0 amide bonds. The number of aromatic nitrogens is 2. The Labute approximate surface area is 157 Å². The van der Waals surface area contributed by atoms with Gasteiger partial charge in [0.2, 0.25) is 0 Å². The molecular weight excluding hydrogens is 354 g/mol. The van der Waals surface area contributed by atoms with Gasteiger partial charge in [-0.25, -0.2) is 4.98 Å². The van der Waals surface area contributed by atoms with Crippen LogP contribution in [0, 0.1) is 0 Å². The minimum atomic E-state index is -0.195. The standard InChI is InChI=1S/C19H24ClN3O3/c1-19(2,3)18-21-13-7-8-23(10-12(13)17(25)22-18)9-11-5-6-14(26-4)16(24)15(11)20/h5-6,24H,7-10H2,1-4H3,(H,21,22,25). The summed E-state index contributed by atoms with van der Waals surface area (Å²) in [7, 11) is 1.48. The van der Waals surface area contributed by atoms with Gasteiger partial charge >= 0.3 is 0 Å². The summed E-state index contributed by atoms with van der Waals surface area (Å²) >= 11 is 6.26. The molecule has 0 spiro atoms. The summed E-state index contributed by atoms with van der Waals surface area (Å²) in [6, 6.07) is 3.53. The summed E-state index contributed by atoms with van der Waals surface area (Å²) in [5, 5.41) is 10.4. The molecule has 1 aliphatic heterocycles. The van der Waals surface area contributed by atoms with Gasteiger partial charge in [0.15, 0.2) is 11.5 Å². The predicted octanol–water partition coefficient (Wildman–Crippen LogP) is 2.99. The zero-order valence-electron chi connectivity index (χ0n) is 15.5. The van der Waals surface area contributed by atoms with Crippen LogP contribution >= 0.6 is 11.6 Å². The van der Waals surface area contributed by atoms with E-state index in [1.54, 1.807) is 6.07 Å². The van der Waals surface area contributed by atoms with Crippen LogP contribution < -0.4 is 10.3 Å². The Hall–Kier alpha value is -2.05. The van der Waals surface area contributed by atoms with E-state index in [0.717, 1.165) is 23.6 Å². The lowest BCUT2D eigenvalue weighted by atomic mass is 9.95. The Kier molecular flexibility index (Phi) is 4.99. The monoisotopic (exact) mass is 377 g/mol. The van der Waals surface area contributed by atoms with Crippen molar-refractivity contribution in [3.05, 3.63) is 50.2 Å². The van der Waals surface area contributed by atoms with E-state index in [4.69, 9.17) is 16.3 Å². The number of hydrogen-bond donors (Lipinski definition) is 2. The molecule has 2 heterocycles. The van der Waals surface area contributed by atoms with Crippen LogP contribution in [0.15, 0.2) is 16.9 Å². The lowest BCUT2D eigenvalue weighted by molar-refractivity contribution is 0.240. The average Bonchev–Trinajstić information content (AvgIpc) is 2.59. The van der Waals surface area contributed by atoms with E-state index in [-0.39, 0.29) is 21.7 Å². The smallest absolute Gasteiger partial charge is 0.255 e. The third-order valence-corrected chi connectivity index (χ3v) is 5.05. The van der Waals surface area contributed by atoms with Crippen LogP contribution in [-0.4, -0.2) is 33.6 Å². The molecule has 3 rings (SSSR count). The zero-order valence-corrected chi connectivity index (χ0v) is 16.3. The van der Waals surface area contributed by atoms with Crippen molar-refractivity contribution in [2.45, 2.75) is 45.7 Å². The predicted molar refractivity (Wildman–Crippen MR) is 101 cm³/mol. The largest absolute Gasteiger partial charge is 0.503 e. The van der Waals surface area contributed by atoms with Crippen LogP contribution in [0.2, 0.25) is 5.02 Å². The van der Waals surface area contributed by atoms with E-state index in [1.807, 2.05) is 26.8 Å². The van der Waals surface area contributed by atoms with Crippen LogP contribution in [0.4, 0.5) is 0 Å². The zero-order chi connectivity index (χ0) is 19.1. The first-order valence-electron chi connectivity index (χ1n) is 8.60. The molecule has 140 valence electrons. The van der Waals surface area contributed by atoms with Gasteiger partial charge in [0.05, 0.1) is 23.4 Å². The van der Waals surface area contributed by atoms with Crippen molar-refractivity contribution in [3.8, 4) is 11.5 Å². The van der Waals surface area contributed by atoms with E-state index in [1.165, 1.54) is 7.11 Å². The summed E-state index contributed by atoms with van der Waals surface area (Å²) in [5.41, 5.74) is 2.11. The van der Waals surface area contributed by atoms with Gasteiger partial charge in [0.25, 0.3) is 5.56 Å². The molecule has 1 aromatic heterocycles. The van der Waals surface area contributed by atoms with Crippen molar-refractivity contribution in [3.63, 3.8) is 0 Å². The molecule has 0 saturated heterocycles. The number of ether oxygens (including phenoxy) is 1. The first-order valence-corrected chi connectivity index (χ1v) is 8.97. The molecule has 2 aromatic rings. The van der Waals surface area contributed by atoms with Gasteiger partial charge in [-0.1, -0.05) is 38.4 Å². The summed E-state index contributed by atoms with van der Waals surface area (Å²) < 4.78 is 5.07. The van der Waals surface area contributed by atoms with E-state index >= 15 is 0 Å². The number of halogens is 1. The van der Waals surface area contributed by atoms with Crippen molar-refractivity contribution in [2.75, 3.05) is 13.7 Å². The molecule has 2 N–H and O–H groups in total. The summed E-state index contributed by atoms with van der Waals surface area (Å²) in [5.74, 6) is 1.01. The molecule has 6 nitrogen and oxygen atoms in total. The fourth-order valence-electron chi connectivity index (χ4n) is 3.09. The molecule has 0 aliphatic carbocycles. The topological polar surface area (TPSA) is 78.5 Å². The highest BCUT2D eigenvalue weighted by Crippen LogP contribution is 2.37. The van der Waals surface area contributed by atoms with Crippen molar-refractivity contribution in [2.24, 2.45) is 0 Å². The number of methoxy groups -OCH3 is 1. The fourth-order valence-corrected chi connectivity index (χ4v) is 3.30. The van der Waals surface area contributed by atoms with Crippen LogP contribution in [0.25, 0.3) is 0 Å². The SMILES string of the molecule is COc1ccc(CN2CCc3nc(C(C)(C)C)[nH]c(=O)c3C2)c(Cl)c1O. The Morgan fingerprint density at radius 3 is 2.77 bits per heavy atom. The molecule has 0 atom stereocenters. The number of benzene rings is 1. The molecule has 0 saturated carbocycles. The molecule has 0 radical (unpaired) electrons. The Morgan fingerprint density at radius 2 is 2.12 bits per heavy atom. The summed E-state index contributed by atoms with van der Waals surface area (Å²) in [6.45, 7) is 7.92. The molecule has 1 aromatic carbocycles. The third kappa shape index (κ3) is 3.57. The van der Waals surface area contributed by atoms with Crippen molar-refractivity contribution >= 4 is 11.6 Å². The number of fused-ring (bicyclic) bond motifs is 1. The van der Waals surface area contributed by atoms with E-state index < -0.39 is 0 Å². The number of phenolic OH excluding ortho intramolecular Hbond substituents is 1. The molecular formula is C19H24ClN3O3. The highest BCUT2D eigenvalue weighted by Gasteiger charge is 2.25.